The van der Waals surface area contributed by atoms with Crippen LogP contribution >= 0.6 is 0 Å². The van der Waals surface area contributed by atoms with Crippen LogP contribution in [0.5, 0.6) is 0 Å². The van der Waals surface area contributed by atoms with Crippen LogP contribution in [-0.2, 0) is 6.54 Å². The SMILES string of the molecule is O=C(NCc1ccccn1)c1cc(-c2cccnc2)n(-c2ccccc2)n1. The van der Waals surface area contributed by atoms with E-state index in [2.05, 4.69) is 20.4 Å². The molecule has 6 nitrogen and oxygen atoms in total. The highest BCUT2D eigenvalue weighted by molar-refractivity contribution is 5.93. The van der Waals surface area contributed by atoms with Gasteiger partial charge in [-0.1, -0.05) is 24.3 Å². The zero-order valence-corrected chi connectivity index (χ0v) is 14.5. The maximum Gasteiger partial charge on any atom is 0.272 e. The highest BCUT2D eigenvalue weighted by Crippen LogP contribution is 2.23. The molecule has 1 amide bonds. The molecule has 0 bridgehead atoms. The molecule has 4 rings (SSSR count). The van der Waals surface area contributed by atoms with E-state index in [-0.39, 0.29) is 5.91 Å². The first-order valence-electron chi connectivity index (χ1n) is 8.55. The minimum atomic E-state index is -0.250. The van der Waals surface area contributed by atoms with Crippen molar-refractivity contribution in [1.29, 1.82) is 0 Å². The molecule has 1 N–H and O–H groups in total. The van der Waals surface area contributed by atoms with Gasteiger partial charge in [-0.15, -0.1) is 0 Å². The second-order valence-corrected chi connectivity index (χ2v) is 5.91. The molecular weight excluding hydrogens is 338 g/mol. The fourth-order valence-corrected chi connectivity index (χ4v) is 2.74. The van der Waals surface area contributed by atoms with Crippen molar-refractivity contribution in [2.24, 2.45) is 0 Å². The molecule has 0 aliphatic heterocycles. The molecule has 4 aromatic rings. The average molecular weight is 355 g/mol. The van der Waals surface area contributed by atoms with E-state index < -0.39 is 0 Å². The van der Waals surface area contributed by atoms with Gasteiger partial charge < -0.3 is 5.32 Å². The maximum absolute atomic E-state index is 12.6. The number of aromatic nitrogens is 4. The van der Waals surface area contributed by atoms with Crippen LogP contribution in [0.3, 0.4) is 0 Å². The van der Waals surface area contributed by atoms with Crippen LogP contribution in [-0.4, -0.2) is 25.7 Å². The quantitative estimate of drug-likeness (QED) is 0.596. The summed E-state index contributed by atoms with van der Waals surface area (Å²) in [4.78, 5) is 21.0. The Labute approximate surface area is 156 Å². The predicted octanol–water partition coefficient (Wildman–Crippen LogP) is 3.26. The van der Waals surface area contributed by atoms with Gasteiger partial charge >= 0.3 is 0 Å². The van der Waals surface area contributed by atoms with Gasteiger partial charge in [-0.05, 0) is 42.5 Å². The first-order valence-corrected chi connectivity index (χ1v) is 8.55. The van der Waals surface area contributed by atoms with Gasteiger partial charge in [0.2, 0.25) is 0 Å². The fourth-order valence-electron chi connectivity index (χ4n) is 2.74. The van der Waals surface area contributed by atoms with E-state index in [9.17, 15) is 4.79 Å². The summed E-state index contributed by atoms with van der Waals surface area (Å²) in [5, 5.41) is 7.39. The van der Waals surface area contributed by atoms with E-state index in [1.54, 1.807) is 29.3 Å². The van der Waals surface area contributed by atoms with Crippen molar-refractivity contribution in [2.75, 3.05) is 0 Å². The number of benzene rings is 1. The lowest BCUT2D eigenvalue weighted by Crippen LogP contribution is -2.23. The van der Waals surface area contributed by atoms with Crippen molar-refractivity contribution in [3.8, 4) is 16.9 Å². The molecule has 3 aromatic heterocycles. The molecule has 0 aliphatic carbocycles. The van der Waals surface area contributed by atoms with Gasteiger partial charge in [-0.3, -0.25) is 14.8 Å². The minimum Gasteiger partial charge on any atom is -0.345 e. The van der Waals surface area contributed by atoms with Crippen molar-refractivity contribution in [3.63, 3.8) is 0 Å². The van der Waals surface area contributed by atoms with Gasteiger partial charge in [0.15, 0.2) is 5.69 Å². The zero-order chi connectivity index (χ0) is 18.5. The van der Waals surface area contributed by atoms with Crippen LogP contribution in [0.25, 0.3) is 16.9 Å². The molecule has 0 saturated heterocycles. The summed E-state index contributed by atoms with van der Waals surface area (Å²) < 4.78 is 1.76. The van der Waals surface area contributed by atoms with Gasteiger partial charge in [-0.25, -0.2) is 4.68 Å². The lowest BCUT2D eigenvalue weighted by Gasteiger charge is -2.06. The van der Waals surface area contributed by atoms with Gasteiger partial charge in [0.1, 0.15) is 0 Å². The first-order chi connectivity index (χ1) is 13.3. The lowest BCUT2D eigenvalue weighted by molar-refractivity contribution is 0.0945. The van der Waals surface area contributed by atoms with Gasteiger partial charge in [-0.2, -0.15) is 5.10 Å². The molecule has 0 unspecified atom stereocenters. The number of nitrogens with zero attached hydrogens (tertiary/aromatic N) is 4. The van der Waals surface area contributed by atoms with Crippen LogP contribution in [0.1, 0.15) is 16.2 Å². The van der Waals surface area contributed by atoms with Gasteiger partial charge in [0, 0.05) is 24.2 Å². The van der Waals surface area contributed by atoms with Gasteiger partial charge in [0.25, 0.3) is 5.91 Å². The maximum atomic E-state index is 12.6. The smallest absolute Gasteiger partial charge is 0.272 e. The normalized spacial score (nSPS) is 10.5. The Morgan fingerprint density at radius 1 is 0.963 bits per heavy atom. The molecule has 0 atom stereocenters. The Balaban J connectivity index is 1.66. The second kappa shape index (κ2) is 7.61. The molecule has 0 spiro atoms. The number of hydrogen-bond donors (Lipinski definition) is 1. The average Bonchev–Trinajstić information content (AvgIpc) is 3.20. The summed E-state index contributed by atoms with van der Waals surface area (Å²) in [6.45, 7) is 0.347. The molecule has 0 saturated carbocycles. The molecule has 0 aliphatic rings. The first kappa shape index (κ1) is 16.7. The number of carbonyl (C=O) groups excluding carboxylic acids is 1. The summed E-state index contributed by atoms with van der Waals surface area (Å²) >= 11 is 0. The Hall–Kier alpha value is -3.80. The number of carbonyl (C=O) groups is 1. The lowest BCUT2D eigenvalue weighted by atomic mass is 10.2. The number of pyridine rings is 2. The van der Waals surface area contributed by atoms with Crippen LogP contribution < -0.4 is 5.32 Å². The van der Waals surface area contributed by atoms with Crippen LogP contribution in [0, 0.1) is 0 Å². The summed E-state index contributed by atoms with van der Waals surface area (Å²) in [6, 6.07) is 20.9. The third kappa shape index (κ3) is 3.74. The molecule has 3 heterocycles. The van der Waals surface area contributed by atoms with E-state index in [0.29, 0.717) is 12.2 Å². The second-order valence-electron chi connectivity index (χ2n) is 5.91. The molecule has 6 heteroatoms. The molecule has 1 aromatic carbocycles. The number of para-hydroxylation sites is 1. The van der Waals surface area contributed by atoms with Crippen molar-refractivity contribution >= 4 is 5.91 Å². The van der Waals surface area contributed by atoms with E-state index in [4.69, 9.17) is 0 Å². The van der Waals surface area contributed by atoms with Crippen molar-refractivity contribution in [2.45, 2.75) is 6.54 Å². The Bertz CT molecular complexity index is 973. The molecule has 0 radical (unpaired) electrons. The van der Waals surface area contributed by atoms with E-state index in [0.717, 1.165) is 22.6 Å². The van der Waals surface area contributed by atoms with E-state index >= 15 is 0 Å². The molecular formula is C21H17N5O. The highest BCUT2D eigenvalue weighted by atomic mass is 16.1. The van der Waals surface area contributed by atoms with E-state index in [1.807, 2.05) is 60.7 Å². The Morgan fingerprint density at radius 3 is 2.56 bits per heavy atom. The number of rotatable bonds is 5. The van der Waals surface area contributed by atoms with Crippen LogP contribution in [0.4, 0.5) is 0 Å². The van der Waals surface area contributed by atoms with Gasteiger partial charge in [0.05, 0.1) is 23.6 Å². The van der Waals surface area contributed by atoms with Crippen LogP contribution in [0.15, 0.2) is 85.3 Å². The topological polar surface area (TPSA) is 72.7 Å². The standard InChI is InChI=1S/C21H17N5O/c27-21(24-15-17-8-4-5-12-23-17)19-13-20(16-7-6-11-22-14-16)26(25-19)18-9-2-1-3-10-18/h1-14H,15H2,(H,24,27). The van der Waals surface area contributed by atoms with Crippen molar-refractivity contribution < 1.29 is 4.79 Å². The monoisotopic (exact) mass is 355 g/mol. The largest absolute Gasteiger partial charge is 0.345 e. The fraction of sp³-hybridized carbons (Fsp3) is 0.0476. The predicted molar refractivity (Wildman–Crippen MR) is 102 cm³/mol. The number of nitrogens with one attached hydrogen (secondary N) is 1. The molecule has 132 valence electrons. The molecule has 0 fully saturated rings. The third-order valence-corrected chi connectivity index (χ3v) is 4.06. The number of hydrogen-bond acceptors (Lipinski definition) is 4. The van der Waals surface area contributed by atoms with E-state index in [1.165, 1.54) is 0 Å². The summed E-state index contributed by atoms with van der Waals surface area (Å²) in [7, 11) is 0. The number of amides is 1. The minimum absolute atomic E-state index is 0.250. The third-order valence-electron chi connectivity index (χ3n) is 4.06. The summed E-state index contributed by atoms with van der Waals surface area (Å²) in [5.74, 6) is -0.250. The van der Waals surface area contributed by atoms with Crippen molar-refractivity contribution in [3.05, 3.63) is 96.7 Å². The van der Waals surface area contributed by atoms with Crippen molar-refractivity contribution in [1.82, 2.24) is 25.1 Å². The molecule has 27 heavy (non-hydrogen) atoms. The summed E-state index contributed by atoms with van der Waals surface area (Å²) in [6.07, 6.45) is 5.17. The summed E-state index contributed by atoms with van der Waals surface area (Å²) in [5.41, 5.74) is 3.70. The Morgan fingerprint density at radius 2 is 1.81 bits per heavy atom. The zero-order valence-electron chi connectivity index (χ0n) is 14.5. The van der Waals surface area contributed by atoms with Crippen LogP contribution in [0.2, 0.25) is 0 Å². The Kier molecular flexibility index (Phi) is 4.70. The highest BCUT2D eigenvalue weighted by Gasteiger charge is 2.16.